The maximum absolute atomic E-state index is 13.4. The van der Waals surface area contributed by atoms with Crippen molar-refractivity contribution in [1.29, 1.82) is 0 Å². The van der Waals surface area contributed by atoms with Gasteiger partial charge in [-0.25, -0.2) is 0 Å². The van der Waals surface area contributed by atoms with Gasteiger partial charge in [-0.2, -0.15) is 11.8 Å². The molecule has 36 heavy (non-hydrogen) atoms. The minimum absolute atomic E-state index is 0.105. The van der Waals surface area contributed by atoms with Gasteiger partial charge in [-0.1, -0.05) is 42.5 Å². The number of fused-ring (bicyclic) bond motifs is 1. The number of carbonyl (C=O) groups is 2. The minimum Gasteiger partial charge on any atom is -0.368 e. The fourth-order valence-corrected chi connectivity index (χ4v) is 6.39. The van der Waals surface area contributed by atoms with E-state index in [0.29, 0.717) is 23.7 Å². The number of benzene rings is 3. The van der Waals surface area contributed by atoms with E-state index < -0.39 is 0 Å². The summed E-state index contributed by atoms with van der Waals surface area (Å²) in [5, 5.41) is 3.07. The van der Waals surface area contributed by atoms with Crippen LogP contribution >= 0.6 is 11.8 Å². The number of anilines is 3. The second-order valence-corrected chi connectivity index (χ2v) is 10.7. The van der Waals surface area contributed by atoms with Crippen LogP contribution in [0.2, 0.25) is 0 Å². The molecule has 2 aliphatic rings. The molecular weight excluding hydrogens is 466 g/mol. The smallest absolute Gasteiger partial charge is 0.255 e. The van der Waals surface area contributed by atoms with Gasteiger partial charge in [-0.15, -0.1) is 0 Å². The molecule has 0 spiro atoms. The first kappa shape index (κ1) is 24.4. The zero-order chi connectivity index (χ0) is 25.1. The predicted octanol–water partition coefficient (Wildman–Crippen LogP) is 6.24. The van der Waals surface area contributed by atoms with Crippen LogP contribution in [0.5, 0.6) is 0 Å². The van der Waals surface area contributed by atoms with Crippen LogP contribution in [0.15, 0.2) is 66.7 Å². The molecule has 5 rings (SSSR count). The highest BCUT2D eigenvalue weighted by Gasteiger charge is 2.25. The van der Waals surface area contributed by atoms with Crippen molar-refractivity contribution in [3.8, 4) is 11.1 Å². The van der Waals surface area contributed by atoms with Gasteiger partial charge in [0.2, 0.25) is 5.91 Å². The Labute approximate surface area is 217 Å². The third-order valence-corrected chi connectivity index (χ3v) is 8.36. The molecule has 5 nitrogen and oxygen atoms in total. The summed E-state index contributed by atoms with van der Waals surface area (Å²) in [6.07, 6.45) is 3.58. The second kappa shape index (κ2) is 10.8. The molecule has 0 aromatic heterocycles. The molecule has 186 valence electrons. The highest BCUT2D eigenvalue weighted by molar-refractivity contribution is 7.99. The molecule has 0 unspecified atom stereocenters. The molecule has 0 bridgehead atoms. The summed E-state index contributed by atoms with van der Waals surface area (Å²) in [5.74, 6) is 2.32. The summed E-state index contributed by atoms with van der Waals surface area (Å²) in [4.78, 5) is 29.7. The number of thioether (sulfide) groups is 1. The van der Waals surface area contributed by atoms with Crippen molar-refractivity contribution < 1.29 is 9.59 Å². The van der Waals surface area contributed by atoms with Crippen molar-refractivity contribution in [2.45, 2.75) is 38.6 Å². The van der Waals surface area contributed by atoms with Crippen molar-refractivity contribution in [3.63, 3.8) is 0 Å². The molecule has 3 aromatic carbocycles. The Morgan fingerprint density at radius 1 is 1.03 bits per heavy atom. The Balaban J connectivity index is 1.47. The first-order valence-electron chi connectivity index (χ1n) is 12.8. The Bertz CT molecular complexity index is 1250. The molecule has 3 aromatic rings. The number of hydrogen-bond donors (Lipinski definition) is 1. The van der Waals surface area contributed by atoms with Crippen LogP contribution in [-0.2, 0) is 11.2 Å². The summed E-state index contributed by atoms with van der Waals surface area (Å²) in [6, 6.07) is 22.8. The largest absolute Gasteiger partial charge is 0.368 e. The second-order valence-electron chi connectivity index (χ2n) is 9.48. The predicted molar refractivity (Wildman–Crippen MR) is 151 cm³/mol. The molecule has 2 aliphatic heterocycles. The van der Waals surface area contributed by atoms with Crippen LogP contribution in [0.4, 0.5) is 17.1 Å². The van der Waals surface area contributed by atoms with Gasteiger partial charge in [0, 0.05) is 54.2 Å². The Morgan fingerprint density at radius 2 is 1.81 bits per heavy atom. The van der Waals surface area contributed by atoms with Crippen molar-refractivity contribution in [1.82, 2.24) is 0 Å². The molecule has 1 fully saturated rings. The van der Waals surface area contributed by atoms with Crippen molar-refractivity contribution in [2.24, 2.45) is 0 Å². The van der Waals surface area contributed by atoms with Crippen LogP contribution in [-0.4, -0.2) is 43.0 Å². The summed E-state index contributed by atoms with van der Waals surface area (Å²) in [7, 11) is 1.80. The number of carbonyl (C=O) groups excluding carboxylic acids is 2. The highest BCUT2D eigenvalue weighted by atomic mass is 32.2. The Kier molecular flexibility index (Phi) is 7.33. The third-order valence-electron chi connectivity index (χ3n) is 7.31. The lowest BCUT2D eigenvalue weighted by Gasteiger charge is -2.36. The Morgan fingerprint density at radius 3 is 2.56 bits per heavy atom. The molecule has 0 saturated carbocycles. The third kappa shape index (κ3) is 5.00. The maximum Gasteiger partial charge on any atom is 0.255 e. The van der Waals surface area contributed by atoms with Crippen molar-refractivity contribution in [2.75, 3.05) is 40.2 Å². The monoisotopic (exact) mass is 499 g/mol. The highest BCUT2D eigenvalue weighted by Crippen LogP contribution is 2.36. The zero-order valence-electron chi connectivity index (χ0n) is 21.0. The van der Waals surface area contributed by atoms with E-state index in [4.69, 9.17) is 0 Å². The fourth-order valence-electron chi connectivity index (χ4n) is 5.31. The van der Waals surface area contributed by atoms with Gasteiger partial charge in [0.05, 0.1) is 0 Å². The van der Waals surface area contributed by atoms with Crippen molar-refractivity contribution in [3.05, 3.63) is 77.9 Å². The minimum atomic E-state index is -0.143. The summed E-state index contributed by atoms with van der Waals surface area (Å²) in [5.41, 5.74) is 6.77. The molecule has 0 atom stereocenters. The van der Waals surface area contributed by atoms with Crippen LogP contribution in [0.3, 0.4) is 0 Å². The van der Waals surface area contributed by atoms with Crippen LogP contribution < -0.4 is 15.1 Å². The van der Waals surface area contributed by atoms with Gasteiger partial charge in [0.1, 0.15) is 0 Å². The van der Waals surface area contributed by atoms with Gasteiger partial charge < -0.3 is 15.1 Å². The number of nitrogens with zero attached hydrogens (tertiary/aromatic N) is 2. The lowest BCUT2D eigenvalue weighted by Crippen LogP contribution is -2.38. The van der Waals surface area contributed by atoms with E-state index in [0.717, 1.165) is 53.9 Å². The molecular formula is C30H33N3O2S. The number of nitrogens with one attached hydrogen (secondary N) is 1. The summed E-state index contributed by atoms with van der Waals surface area (Å²) < 4.78 is 0. The van der Waals surface area contributed by atoms with Crippen molar-refractivity contribution >= 4 is 40.6 Å². The molecule has 1 N–H and O–H groups in total. The van der Waals surface area contributed by atoms with E-state index in [1.165, 1.54) is 11.5 Å². The molecule has 2 amide bonds. The van der Waals surface area contributed by atoms with E-state index in [9.17, 15) is 9.59 Å². The quantitative estimate of drug-likeness (QED) is 0.436. The SMILES string of the molecule is CCN(c1cc(C(=O)Nc2ccc3c(c2)N(C)C(=O)CC3)ccc1-c1ccccc1)C1CCSCC1. The molecule has 0 radical (unpaired) electrons. The molecule has 6 heteroatoms. The topological polar surface area (TPSA) is 52.7 Å². The van der Waals surface area contributed by atoms with E-state index >= 15 is 0 Å². The average Bonchev–Trinajstić information content (AvgIpc) is 2.92. The molecule has 2 heterocycles. The van der Waals surface area contributed by atoms with E-state index in [1.807, 2.05) is 42.1 Å². The normalized spacial score (nSPS) is 15.9. The van der Waals surface area contributed by atoms with E-state index in [2.05, 4.69) is 53.5 Å². The Hall–Kier alpha value is -3.25. The number of hydrogen-bond acceptors (Lipinski definition) is 4. The van der Waals surface area contributed by atoms with Crippen LogP contribution in [0, 0.1) is 0 Å². The van der Waals surface area contributed by atoms with Gasteiger partial charge in [-0.05, 0) is 73.1 Å². The van der Waals surface area contributed by atoms with Crippen LogP contribution in [0.25, 0.3) is 11.1 Å². The summed E-state index contributed by atoms with van der Waals surface area (Å²) in [6.45, 7) is 3.10. The fraction of sp³-hybridized carbons (Fsp3) is 0.333. The number of rotatable bonds is 6. The van der Waals surface area contributed by atoms with E-state index in [1.54, 1.807) is 11.9 Å². The van der Waals surface area contributed by atoms with Crippen LogP contribution in [0.1, 0.15) is 42.1 Å². The van der Waals surface area contributed by atoms with Gasteiger partial charge in [0.15, 0.2) is 0 Å². The number of amides is 2. The van der Waals surface area contributed by atoms with Gasteiger partial charge in [-0.3, -0.25) is 9.59 Å². The van der Waals surface area contributed by atoms with Gasteiger partial charge in [0.25, 0.3) is 5.91 Å². The van der Waals surface area contributed by atoms with E-state index in [-0.39, 0.29) is 11.8 Å². The molecule has 1 saturated heterocycles. The zero-order valence-corrected chi connectivity index (χ0v) is 21.8. The molecule has 0 aliphatic carbocycles. The lowest BCUT2D eigenvalue weighted by atomic mass is 9.98. The average molecular weight is 500 g/mol. The lowest BCUT2D eigenvalue weighted by molar-refractivity contribution is -0.118. The maximum atomic E-state index is 13.4. The first-order chi connectivity index (χ1) is 17.5. The standard InChI is InChI=1S/C30H33N3O2S/c1-3-33(25-15-17-36-18-16-25)28-19-23(10-13-26(28)21-7-5-4-6-8-21)30(35)31-24-12-9-22-11-14-29(34)32(2)27(22)20-24/h4-10,12-13,19-20,25H,3,11,14-18H2,1-2H3,(H,31,35). The number of aryl methyl sites for hydroxylation is 1. The summed E-state index contributed by atoms with van der Waals surface area (Å²) >= 11 is 2.03. The first-order valence-corrected chi connectivity index (χ1v) is 14.0. The van der Waals surface area contributed by atoms with Gasteiger partial charge >= 0.3 is 0 Å².